The second kappa shape index (κ2) is 5.55. The predicted octanol–water partition coefficient (Wildman–Crippen LogP) is 3.78. The van der Waals surface area contributed by atoms with Crippen molar-refractivity contribution in [2.24, 2.45) is 0 Å². The average Bonchev–Trinajstić information content (AvgIpc) is 2.33. The number of hydrogen-bond donors (Lipinski definition) is 0. The van der Waals surface area contributed by atoms with Gasteiger partial charge in [0.1, 0.15) is 4.47 Å². The highest BCUT2D eigenvalue weighted by Crippen LogP contribution is 2.22. The fraction of sp³-hybridized carbons (Fsp3) is 0.167. The molecule has 0 N–H and O–H groups in total. The number of benzene rings is 1. The lowest BCUT2D eigenvalue weighted by atomic mass is 10.2. The Balaban J connectivity index is 2.41. The van der Waals surface area contributed by atoms with Gasteiger partial charge in [-0.05, 0) is 40.5 Å². The van der Waals surface area contributed by atoms with Crippen LogP contribution < -0.4 is 5.56 Å². The van der Waals surface area contributed by atoms with E-state index in [1.165, 1.54) is 10.9 Å². The van der Waals surface area contributed by atoms with Crippen LogP contribution in [0.2, 0.25) is 5.02 Å². The molecule has 94 valence electrons. The van der Waals surface area contributed by atoms with Gasteiger partial charge in [0, 0.05) is 9.50 Å². The molecular weight excluding hydrogens is 383 g/mol. The predicted molar refractivity (Wildman–Crippen MR) is 79.2 cm³/mol. The van der Waals surface area contributed by atoms with Gasteiger partial charge < -0.3 is 0 Å². The fourth-order valence-corrected chi connectivity index (χ4v) is 2.56. The van der Waals surface area contributed by atoms with Gasteiger partial charge in [-0.1, -0.05) is 33.6 Å². The molecule has 0 amide bonds. The molecule has 0 fully saturated rings. The van der Waals surface area contributed by atoms with Crippen LogP contribution in [0.4, 0.5) is 0 Å². The largest absolute Gasteiger partial charge is 0.294 e. The summed E-state index contributed by atoms with van der Waals surface area (Å²) in [6.07, 6.45) is 1.53. The van der Waals surface area contributed by atoms with Crippen molar-refractivity contribution in [3.05, 3.63) is 60.1 Å². The number of aromatic nitrogens is 2. The van der Waals surface area contributed by atoms with Gasteiger partial charge in [-0.25, -0.2) is 4.98 Å². The van der Waals surface area contributed by atoms with Crippen molar-refractivity contribution >= 4 is 43.5 Å². The second-order valence-corrected chi connectivity index (χ2v) is 5.93. The summed E-state index contributed by atoms with van der Waals surface area (Å²) < 4.78 is 2.91. The molecule has 0 bridgehead atoms. The van der Waals surface area contributed by atoms with Crippen LogP contribution in [0.5, 0.6) is 0 Å². The van der Waals surface area contributed by atoms with Crippen LogP contribution in [0.25, 0.3) is 0 Å². The van der Waals surface area contributed by atoms with Gasteiger partial charge >= 0.3 is 0 Å². The third-order valence-electron chi connectivity index (χ3n) is 2.51. The highest BCUT2D eigenvalue weighted by atomic mass is 79.9. The van der Waals surface area contributed by atoms with Crippen LogP contribution in [0.15, 0.2) is 38.3 Å². The molecule has 0 radical (unpaired) electrons. The molecule has 0 atom stereocenters. The minimum Gasteiger partial charge on any atom is -0.294 e. The molecule has 6 heteroatoms. The number of halogens is 3. The van der Waals surface area contributed by atoms with Crippen LogP contribution in [-0.4, -0.2) is 9.55 Å². The van der Waals surface area contributed by atoms with E-state index in [1.54, 1.807) is 13.0 Å². The Kier molecular flexibility index (Phi) is 4.25. The molecule has 0 saturated heterocycles. The van der Waals surface area contributed by atoms with Crippen molar-refractivity contribution < 1.29 is 0 Å². The Morgan fingerprint density at radius 2 is 2.11 bits per heavy atom. The number of nitrogens with zero attached hydrogens (tertiary/aromatic N) is 2. The molecule has 1 aromatic heterocycles. The number of aryl methyl sites for hydroxylation is 1. The summed E-state index contributed by atoms with van der Waals surface area (Å²) in [6, 6.07) is 5.58. The maximum atomic E-state index is 12.0. The minimum absolute atomic E-state index is 0.110. The number of rotatable bonds is 2. The van der Waals surface area contributed by atoms with E-state index in [9.17, 15) is 4.79 Å². The van der Waals surface area contributed by atoms with Crippen LogP contribution in [0.1, 0.15) is 11.3 Å². The molecule has 3 nitrogen and oxygen atoms in total. The van der Waals surface area contributed by atoms with Crippen molar-refractivity contribution in [1.29, 1.82) is 0 Å². The smallest absolute Gasteiger partial charge is 0.268 e. The SMILES string of the molecule is Cc1ncn(Cc2ccc(Br)cc2Cl)c(=O)c1Br. The van der Waals surface area contributed by atoms with E-state index in [2.05, 4.69) is 36.8 Å². The Morgan fingerprint density at radius 3 is 2.78 bits per heavy atom. The normalized spacial score (nSPS) is 10.7. The topological polar surface area (TPSA) is 34.9 Å². The zero-order chi connectivity index (χ0) is 13.3. The van der Waals surface area contributed by atoms with E-state index in [0.29, 0.717) is 21.7 Å². The second-order valence-electron chi connectivity index (χ2n) is 3.81. The maximum Gasteiger partial charge on any atom is 0.268 e. The summed E-state index contributed by atoms with van der Waals surface area (Å²) in [5.41, 5.74) is 1.44. The van der Waals surface area contributed by atoms with Gasteiger partial charge in [-0.3, -0.25) is 9.36 Å². The van der Waals surface area contributed by atoms with Crippen molar-refractivity contribution in [3.8, 4) is 0 Å². The first-order chi connectivity index (χ1) is 8.49. The third kappa shape index (κ3) is 2.84. The summed E-state index contributed by atoms with van der Waals surface area (Å²) >= 11 is 12.7. The summed E-state index contributed by atoms with van der Waals surface area (Å²) in [7, 11) is 0. The zero-order valence-electron chi connectivity index (χ0n) is 9.45. The maximum absolute atomic E-state index is 12.0. The molecule has 1 heterocycles. The monoisotopic (exact) mass is 390 g/mol. The van der Waals surface area contributed by atoms with Crippen molar-refractivity contribution in [2.75, 3.05) is 0 Å². The van der Waals surface area contributed by atoms with E-state index in [-0.39, 0.29) is 5.56 Å². The van der Waals surface area contributed by atoms with Gasteiger partial charge in [0.2, 0.25) is 0 Å². The lowest BCUT2D eigenvalue weighted by Crippen LogP contribution is -2.22. The Hall–Kier alpha value is -0.650. The molecule has 2 rings (SSSR count). The lowest BCUT2D eigenvalue weighted by Gasteiger charge is -2.08. The van der Waals surface area contributed by atoms with Gasteiger partial charge in [-0.15, -0.1) is 0 Å². The van der Waals surface area contributed by atoms with Gasteiger partial charge in [0.15, 0.2) is 0 Å². The van der Waals surface area contributed by atoms with Gasteiger partial charge in [0.05, 0.1) is 18.6 Å². The summed E-state index contributed by atoms with van der Waals surface area (Å²) in [5.74, 6) is 0. The van der Waals surface area contributed by atoms with Crippen molar-refractivity contribution in [2.45, 2.75) is 13.5 Å². The summed E-state index contributed by atoms with van der Waals surface area (Å²) in [6.45, 7) is 2.18. The first-order valence-electron chi connectivity index (χ1n) is 5.14. The molecule has 0 aliphatic heterocycles. The van der Waals surface area contributed by atoms with E-state index in [1.807, 2.05) is 12.1 Å². The molecule has 0 aliphatic rings. The highest BCUT2D eigenvalue weighted by Gasteiger charge is 2.08. The molecule has 0 spiro atoms. The molecule has 0 unspecified atom stereocenters. The first kappa shape index (κ1) is 13.8. The van der Waals surface area contributed by atoms with E-state index < -0.39 is 0 Å². The average molecular weight is 392 g/mol. The molecular formula is C12H9Br2ClN2O. The number of hydrogen-bond acceptors (Lipinski definition) is 2. The lowest BCUT2D eigenvalue weighted by molar-refractivity contribution is 0.724. The molecule has 0 saturated carbocycles. The van der Waals surface area contributed by atoms with E-state index in [0.717, 1.165) is 10.0 Å². The quantitative estimate of drug-likeness (QED) is 0.780. The highest BCUT2D eigenvalue weighted by molar-refractivity contribution is 9.10. The summed E-state index contributed by atoms with van der Waals surface area (Å²) in [5, 5.41) is 0.618. The fourth-order valence-electron chi connectivity index (χ4n) is 1.49. The summed E-state index contributed by atoms with van der Waals surface area (Å²) in [4.78, 5) is 16.1. The van der Waals surface area contributed by atoms with Crippen LogP contribution in [0, 0.1) is 6.92 Å². The van der Waals surface area contributed by atoms with Crippen molar-refractivity contribution in [1.82, 2.24) is 9.55 Å². The van der Waals surface area contributed by atoms with Crippen molar-refractivity contribution in [3.63, 3.8) is 0 Å². The molecule has 18 heavy (non-hydrogen) atoms. The standard InChI is InChI=1S/C12H9Br2ClN2O/c1-7-11(14)12(18)17(6-16-7)5-8-2-3-9(13)4-10(8)15/h2-4,6H,5H2,1H3. The Labute approximate surface area is 126 Å². The van der Waals surface area contributed by atoms with E-state index in [4.69, 9.17) is 11.6 Å². The third-order valence-corrected chi connectivity index (χ3v) is 4.27. The molecule has 2 aromatic rings. The molecule has 0 aliphatic carbocycles. The van der Waals surface area contributed by atoms with Crippen LogP contribution in [-0.2, 0) is 6.54 Å². The zero-order valence-corrected chi connectivity index (χ0v) is 13.4. The molecule has 1 aromatic carbocycles. The van der Waals surface area contributed by atoms with Gasteiger partial charge in [0.25, 0.3) is 5.56 Å². The minimum atomic E-state index is -0.110. The van der Waals surface area contributed by atoms with Gasteiger partial charge in [-0.2, -0.15) is 0 Å². The van der Waals surface area contributed by atoms with Crippen LogP contribution >= 0.6 is 43.5 Å². The first-order valence-corrected chi connectivity index (χ1v) is 7.11. The van der Waals surface area contributed by atoms with E-state index >= 15 is 0 Å². The Bertz CT molecular complexity index is 655. The van der Waals surface area contributed by atoms with Crippen LogP contribution in [0.3, 0.4) is 0 Å². The Morgan fingerprint density at radius 1 is 1.39 bits per heavy atom.